The van der Waals surface area contributed by atoms with Crippen LogP contribution < -0.4 is 11.5 Å². The zero-order valence-corrected chi connectivity index (χ0v) is 6.42. The Morgan fingerprint density at radius 3 is 2.50 bits per heavy atom. The molecule has 3 nitrogen and oxygen atoms in total. The maximum Gasteiger partial charge on any atom is 0.244 e. The molecule has 0 aliphatic carbocycles. The number of rotatable bonds is 3. The minimum atomic E-state index is -0.399. The smallest absolute Gasteiger partial charge is 0.244 e. The van der Waals surface area contributed by atoms with E-state index in [0.717, 1.165) is 6.42 Å². The highest BCUT2D eigenvalue weighted by Crippen LogP contribution is 1.95. The van der Waals surface area contributed by atoms with Gasteiger partial charge in [-0.1, -0.05) is 13.0 Å². The van der Waals surface area contributed by atoms with E-state index in [1.54, 1.807) is 13.0 Å². The predicted molar refractivity (Wildman–Crippen MR) is 41.2 cm³/mol. The van der Waals surface area contributed by atoms with Crippen molar-refractivity contribution in [2.75, 3.05) is 0 Å². The SMILES string of the molecule is CCC(N)/C=C(/C)C(N)=O. The second kappa shape index (κ2) is 4.06. The highest BCUT2D eigenvalue weighted by molar-refractivity contribution is 5.91. The van der Waals surface area contributed by atoms with Crippen LogP contribution in [0.1, 0.15) is 20.3 Å². The Labute approximate surface area is 61.1 Å². The molecule has 10 heavy (non-hydrogen) atoms. The molecule has 0 aliphatic rings. The van der Waals surface area contributed by atoms with Gasteiger partial charge in [-0.25, -0.2) is 0 Å². The molecule has 0 saturated carbocycles. The second-order valence-corrected chi connectivity index (χ2v) is 2.29. The van der Waals surface area contributed by atoms with Crippen molar-refractivity contribution in [2.45, 2.75) is 26.3 Å². The van der Waals surface area contributed by atoms with Gasteiger partial charge in [0.2, 0.25) is 5.91 Å². The minimum Gasteiger partial charge on any atom is -0.366 e. The van der Waals surface area contributed by atoms with Gasteiger partial charge in [-0.05, 0) is 13.3 Å². The minimum absolute atomic E-state index is 0.0486. The molecular formula is C7H14N2O. The molecular weight excluding hydrogens is 128 g/mol. The first-order valence-electron chi connectivity index (χ1n) is 3.31. The van der Waals surface area contributed by atoms with Gasteiger partial charge in [-0.3, -0.25) is 4.79 Å². The first-order valence-corrected chi connectivity index (χ1v) is 3.31. The molecule has 0 saturated heterocycles. The first kappa shape index (κ1) is 9.17. The summed E-state index contributed by atoms with van der Waals surface area (Å²) in [4.78, 5) is 10.4. The van der Waals surface area contributed by atoms with E-state index >= 15 is 0 Å². The third kappa shape index (κ3) is 3.25. The molecule has 3 heteroatoms. The van der Waals surface area contributed by atoms with Gasteiger partial charge in [0.15, 0.2) is 0 Å². The van der Waals surface area contributed by atoms with E-state index < -0.39 is 5.91 Å². The van der Waals surface area contributed by atoms with Crippen molar-refractivity contribution in [1.29, 1.82) is 0 Å². The quantitative estimate of drug-likeness (QED) is 0.551. The summed E-state index contributed by atoms with van der Waals surface area (Å²) in [5.74, 6) is -0.399. The van der Waals surface area contributed by atoms with Gasteiger partial charge < -0.3 is 11.5 Å². The Kier molecular flexibility index (Phi) is 3.72. The number of hydrogen-bond acceptors (Lipinski definition) is 2. The van der Waals surface area contributed by atoms with E-state index in [-0.39, 0.29) is 6.04 Å². The maximum absolute atomic E-state index is 10.4. The van der Waals surface area contributed by atoms with Gasteiger partial charge in [-0.2, -0.15) is 0 Å². The van der Waals surface area contributed by atoms with Crippen LogP contribution in [0.25, 0.3) is 0 Å². The van der Waals surface area contributed by atoms with E-state index in [9.17, 15) is 4.79 Å². The molecule has 0 aromatic rings. The summed E-state index contributed by atoms with van der Waals surface area (Å²) in [6.07, 6.45) is 2.51. The number of amides is 1. The summed E-state index contributed by atoms with van der Waals surface area (Å²) in [6, 6.07) is -0.0486. The number of carbonyl (C=O) groups is 1. The average molecular weight is 142 g/mol. The highest BCUT2D eigenvalue weighted by Gasteiger charge is 1.99. The van der Waals surface area contributed by atoms with Crippen LogP contribution in [0.2, 0.25) is 0 Å². The van der Waals surface area contributed by atoms with Crippen LogP contribution in [0.15, 0.2) is 11.6 Å². The van der Waals surface area contributed by atoms with Crippen molar-refractivity contribution in [3.8, 4) is 0 Å². The van der Waals surface area contributed by atoms with Gasteiger partial charge >= 0.3 is 0 Å². The normalized spacial score (nSPS) is 14.9. The van der Waals surface area contributed by atoms with Gasteiger partial charge in [-0.15, -0.1) is 0 Å². The molecule has 0 rings (SSSR count). The molecule has 0 fully saturated rings. The fourth-order valence-electron chi connectivity index (χ4n) is 0.521. The lowest BCUT2D eigenvalue weighted by Gasteiger charge is -2.01. The lowest BCUT2D eigenvalue weighted by atomic mass is 10.1. The van der Waals surface area contributed by atoms with Gasteiger partial charge in [0.25, 0.3) is 0 Å². The molecule has 0 aromatic heterocycles. The number of hydrogen-bond donors (Lipinski definition) is 2. The fourth-order valence-corrected chi connectivity index (χ4v) is 0.521. The third-order valence-electron chi connectivity index (χ3n) is 1.32. The fraction of sp³-hybridized carbons (Fsp3) is 0.571. The molecule has 0 heterocycles. The zero-order chi connectivity index (χ0) is 8.15. The van der Waals surface area contributed by atoms with Crippen molar-refractivity contribution in [1.82, 2.24) is 0 Å². The van der Waals surface area contributed by atoms with Crippen molar-refractivity contribution >= 4 is 5.91 Å². The summed E-state index contributed by atoms with van der Waals surface area (Å²) < 4.78 is 0. The van der Waals surface area contributed by atoms with Crippen LogP contribution in [0, 0.1) is 0 Å². The molecule has 0 aromatic carbocycles. The monoisotopic (exact) mass is 142 g/mol. The first-order chi connectivity index (χ1) is 4.57. The summed E-state index contributed by atoms with van der Waals surface area (Å²) in [6.45, 7) is 3.62. The van der Waals surface area contributed by atoms with Crippen LogP contribution >= 0.6 is 0 Å². The summed E-state index contributed by atoms with van der Waals surface area (Å²) in [7, 11) is 0. The summed E-state index contributed by atoms with van der Waals surface area (Å²) in [5, 5.41) is 0. The molecule has 1 atom stereocenters. The topological polar surface area (TPSA) is 69.1 Å². The van der Waals surface area contributed by atoms with Gasteiger partial charge in [0.05, 0.1) is 0 Å². The van der Waals surface area contributed by atoms with E-state index in [1.807, 2.05) is 6.92 Å². The molecule has 1 amide bonds. The molecule has 1 unspecified atom stereocenters. The molecule has 58 valence electrons. The molecule has 0 bridgehead atoms. The van der Waals surface area contributed by atoms with Crippen molar-refractivity contribution in [2.24, 2.45) is 11.5 Å². The Morgan fingerprint density at radius 1 is 1.70 bits per heavy atom. The lowest BCUT2D eigenvalue weighted by molar-refractivity contribution is -0.114. The zero-order valence-electron chi connectivity index (χ0n) is 6.42. The van der Waals surface area contributed by atoms with Crippen LogP contribution in [-0.2, 0) is 4.79 Å². The third-order valence-corrected chi connectivity index (χ3v) is 1.32. The van der Waals surface area contributed by atoms with E-state index in [0.29, 0.717) is 5.57 Å². The van der Waals surface area contributed by atoms with Gasteiger partial charge in [0, 0.05) is 11.6 Å². The van der Waals surface area contributed by atoms with E-state index in [2.05, 4.69) is 0 Å². The average Bonchev–Trinajstić information content (AvgIpc) is 1.87. The predicted octanol–water partition coefficient (Wildman–Crippen LogP) is 0.155. The second-order valence-electron chi connectivity index (χ2n) is 2.29. The number of nitrogens with two attached hydrogens (primary N) is 2. The number of carbonyl (C=O) groups excluding carboxylic acids is 1. The van der Waals surface area contributed by atoms with Crippen molar-refractivity contribution in [3.63, 3.8) is 0 Å². The Balaban J connectivity index is 4.02. The van der Waals surface area contributed by atoms with E-state index in [4.69, 9.17) is 11.5 Å². The van der Waals surface area contributed by atoms with Crippen LogP contribution in [0.5, 0.6) is 0 Å². The Morgan fingerprint density at radius 2 is 2.20 bits per heavy atom. The summed E-state index contributed by atoms with van der Waals surface area (Å²) >= 11 is 0. The van der Waals surface area contributed by atoms with E-state index in [1.165, 1.54) is 0 Å². The molecule has 0 aliphatic heterocycles. The standard InChI is InChI=1S/C7H14N2O/c1-3-6(8)4-5(2)7(9)10/h4,6H,3,8H2,1-2H3,(H2,9,10)/b5-4-. The van der Waals surface area contributed by atoms with Gasteiger partial charge in [0.1, 0.15) is 0 Å². The lowest BCUT2D eigenvalue weighted by Crippen LogP contribution is -2.19. The number of primary amides is 1. The Hall–Kier alpha value is -0.830. The van der Waals surface area contributed by atoms with Crippen LogP contribution in [-0.4, -0.2) is 11.9 Å². The van der Waals surface area contributed by atoms with Crippen molar-refractivity contribution in [3.05, 3.63) is 11.6 Å². The van der Waals surface area contributed by atoms with Crippen LogP contribution in [0.4, 0.5) is 0 Å². The molecule has 0 spiro atoms. The van der Waals surface area contributed by atoms with Crippen molar-refractivity contribution < 1.29 is 4.79 Å². The largest absolute Gasteiger partial charge is 0.366 e. The molecule has 0 radical (unpaired) electrons. The van der Waals surface area contributed by atoms with Crippen LogP contribution in [0.3, 0.4) is 0 Å². The molecule has 4 N–H and O–H groups in total. The summed E-state index contributed by atoms with van der Waals surface area (Å²) in [5.41, 5.74) is 11.0. The highest BCUT2D eigenvalue weighted by atomic mass is 16.1. The Bertz CT molecular complexity index is 152. The maximum atomic E-state index is 10.4.